The van der Waals surface area contributed by atoms with Gasteiger partial charge in [-0.1, -0.05) is 12.1 Å². The number of anilines is 2. The predicted octanol–water partition coefficient (Wildman–Crippen LogP) is 3.07. The molecular weight excluding hydrogens is 402 g/mol. The fourth-order valence-electron chi connectivity index (χ4n) is 4.86. The summed E-state index contributed by atoms with van der Waals surface area (Å²) in [5, 5.41) is 27.1. The second-order valence-electron chi connectivity index (χ2n) is 8.61. The molecule has 8 nitrogen and oxygen atoms in total. The van der Waals surface area contributed by atoms with Gasteiger partial charge in [0.2, 0.25) is 0 Å². The van der Waals surface area contributed by atoms with Crippen molar-refractivity contribution in [1.82, 2.24) is 20.5 Å². The summed E-state index contributed by atoms with van der Waals surface area (Å²) in [6.45, 7) is 6.33. The second-order valence-corrected chi connectivity index (χ2v) is 8.61. The number of nitriles is 1. The van der Waals surface area contributed by atoms with E-state index < -0.39 is 0 Å². The number of fused-ring (bicyclic) bond motifs is 3. The fraction of sp³-hybridized carbons (Fsp3) is 0.417. The molecule has 3 aromatic rings. The zero-order chi connectivity index (χ0) is 22.2. The fourth-order valence-corrected chi connectivity index (χ4v) is 4.86. The van der Waals surface area contributed by atoms with E-state index in [-0.39, 0.29) is 6.04 Å². The van der Waals surface area contributed by atoms with Crippen LogP contribution in [0.3, 0.4) is 0 Å². The quantitative estimate of drug-likeness (QED) is 0.617. The van der Waals surface area contributed by atoms with Crippen molar-refractivity contribution in [2.24, 2.45) is 0 Å². The minimum Gasteiger partial charge on any atom is -0.374 e. The van der Waals surface area contributed by atoms with Gasteiger partial charge in [-0.15, -0.1) is 5.10 Å². The van der Waals surface area contributed by atoms with Crippen molar-refractivity contribution < 1.29 is 4.74 Å². The number of hydrogen-bond acceptors (Lipinski definition) is 8. The molecule has 4 heterocycles. The van der Waals surface area contributed by atoms with Crippen molar-refractivity contribution in [1.29, 1.82) is 5.26 Å². The molecule has 0 radical (unpaired) electrons. The molecule has 1 unspecified atom stereocenters. The summed E-state index contributed by atoms with van der Waals surface area (Å²) < 4.78 is 5.76. The number of aromatic nitrogens is 3. The molecule has 0 spiro atoms. The predicted molar refractivity (Wildman–Crippen MR) is 124 cm³/mol. The topological polar surface area (TPSA) is 99.0 Å². The Kier molecular flexibility index (Phi) is 5.37. The zero-order valence-electron chi connectivity index (χ0n) is 18.6. The maximum Gasteiger partial charge on any atom is 0.157 e. The van der Waals surface area contributed by atoms with Crippen LogP contribution in [0.5, 0.6) is 0 Å². The Morgan fingerprint density at radius 3 is 2.91 bits per heavy atom. The first-order valence-electron chi connectivity index (χ1n) is 11.0. The van der Waals surface area contributed by atoms with Crippen LogP contribution in [0.2, 0.25) is 0 Å². The molecular formula is C24H27N7O. The monoisotopic (exact) mass is 429 g/mol. The number of pyridine rings is 1. The molecule has 164 valence electrons. The standard InChI is InChI=1S/C24H27N7O/c1-14-16(9-25)5-4-6-19(14)15(2)28-24-20-8-23(31-12-18-7-17(31)13-32-18)27-10-21(20)22(11-26-3)29-30-24/h4-6,8,10,15,17-18,26H,7,11-13H2,1-3H3,(H,28,30)/t15?,17-,18-/m1/s1. The molecule has 2 aliphatic heterocycles. The first-order valence-corrected chi connectivity index (χ1v) is 11.0. The van der Waals surface area contributed by atoms with Gasteiger partial charge in [0, 0.05) is 30.1 Å². The second kappa shape index (κ2) is 8.34. The lowest BCUT2D eigenvalue weighted by atomic mass is 9.98. The summed E-state index contributed by atoms with van der Waals surface area (Å²) >= 11 is 0. The van der Waals surface area contributed by atoms with Crippen LogP contribution < -0.4 is 15.5 Å². The molecule has 2 N–H and O–H groups in total. The third-order valence-electron chi connectivity index (χ3n) is 6.58. The SMILES string of the molecule is CNCc1nnc(NC(C)c2cccc(C#N)c2C)c2cc(N3C[C@H]4C[C@@H]3CO4)ncc12. The van der Waals surface area contributed by atoms with Gasteiger partial charge in [-0.2, -0.15) is 10.4 Å². The zero-order valence-corrected chi connectivity index (χ0v) is 18.6. The minimum atomic E-state index is -0.0382. The van der Waals surface area contributed by atoms with Crippen LogP contribution in [0.15, 0.2) is 30.5 Å². The first-order chi connectivity index (χ1) is 15.6. The van der Waals surface area contributed by atoms with E-state index in [1.165, 1.54) is 0 Å². The van der Waals surface area contributed by atoms with Gasteiger partial charge in [-0.25, -0.2) is 4.98 Å². The average Bonchev–Trinajstić information content (AvgIpc) is 3.44. The molecule has 2 saturated heterocycles. The highest BCUT2D eigenvalue weighted by molar-refractivity contribution is 5.94. The van der Waals surface area contributed by atoms with Crippen LogP contribution in [0.1, 0.15) is 41.8 Å². The van der Waals surface area contributed by atoms with Gasteiger partial charge < -0.3 is 20.3 Å². The molecule has 2 aliphatic rings. The Bertz CT molecular complexity index is 1200. The highest BCUT2D eigenvalue weighted by Gasteiger charge is 2.39. The Morgan fingerprint density at radius 1 is 1.31 bits per heavy atom. The molecule has 3 atom stereocenters. The summed E-state index contributed by atoms with van der Waals surface area (Å²) in [7, 11) is 1.90. The van der Waals surface area contributed by atoms with Gasteiger partial charge in [0.05, 0.1) is 42.1 Å². The van der Waals surface area contributed by atoms with E-state index in [9.17, 15) is 5.26 Å². The molecule has 2 bridgehead atoms. The van der Waals surface area contributed by atoms with Crippen molar-refractivity contribution >= 4 is 22.4 Å². The number of nitrogens with zero attached hydrogens (tertiary/aromatic N) is 5. The van der Waals surface area contributed by atoms with Gasteiger partial charge >= 0.3 is 0 Å². The largest absolute Gasteiger partial charge is 0.374 e. The van der Waals surface area contributed by atoms with Crippen LogP contribution in [0, 0.1) is 18.3 Å². The first kappa shape index (κ1) is 20.6. The van der Waals surface area contributed by atoms with Gasteiger partial charge in [-0.3, -0.25) is 0 Å². The molecule has 32 heavy (non-hydrogen) atoms. The smallest absolute Gasteiger partial charge is 0.157 e. The van der Waals surface area contributed by atoms with Crippen molar-refractivity contribution in [2.75, 3.05) is 30.4 Å². The van der Waals surface area contributed by atoms with E-state index in [0.29, 0.717) is 24.3 Å². The van der Waals surface area contributed by atoms with E-state index in [1.807, 2.05) is 38.4 Å². The average molecular weight is 430 g/mol. The Morgan fingerprint density at radius 2 is 2.19 bits per heavy atom. The Hall–Kier alpha value is -3.28. The lowest BCUT2D eigenvalue weighted by molar-refractivity contribution is 0.0989. The van der Waals surface area contributed by atoms with E-state index >= 15 is 0 Å². The Balaban J connectivity index is 1.54. The molecule has 0 saturated carbocycles. The normalized spacial score (nSPS) is 20.5. The highest BCUT2D eigenvalue weighted by Crippen LogP contribution is 2.35. The lowest BCUT2D eigenvalue weighted by Crippen LogP contribution is -2.37. The molecule has 8 heteroatoms. The van der Waals surface area contributed by atoms with E-state index in [1.54, 1.807) is 0 Å². The van der Waals surface area contributed by atoms with Gasteiger partial charge in [-0.05, 0) is 50.6 Å². The number of rotatable bonds is 6. The van der Waals surface area contributed by atoms with E-state index in [2.05, 4.69) is 44.8 Å². The van der Waals surface area contributed by atoms with Gasteiger partial charge in [0.25, 0.3) is 0 Å². The number of ether oxygens (including phenoxy) is 1. The van der Waals surface area contributed by atoms with Crippen molar-refractivity contribution in [3.63, 3.8) is 0 Å². The van der Waals surface area contributed by atoms with E-state index in [4.69, 9.17) is 9.72 Å². The molecule has 0 aliphatic carbocycles. The maximum absolute atomic E-state index is 9.40. The third kappa shape index (κ3) is 3.53. The summed E-state index contributed by atoms with van der Waals surface area (Å²) in [6.07, 6.45) is 3.28. The summed E-state index contributed by atoms with van der Waals surface area (Å²) in [6, 6.07) is 10.6. The van der Waals surface area contributed by atoms with Crippen LogP contribution in [-0.4, -0.2) is 47.5 Å². The highest BCUT2D eigenvalue weighted by atomic mass is 16.5. The number of morpholine rings is 1. The van der Waals surface area contributed by atoms with Crippen molar-refractivity contribution in [2.45, 2.75) is 45.0 Å². The summed E-state index contributed by atoms with van der Waals surface area (Å²) in [5.74, 6) is 1.67. The summed E-state index contributed by atoms with van der Waals surface area (Å²) in [5.41, 5.74) is 3.61. The van der Waals surface area contributed by atoms with Crippen LogP contribution >= 0.6 is 0 Å². The number of nitrogens with one attached hydrogen (secondary N) is 2. The van der Waals surface area contributed by atoms with Crippen LogP contribution in [0.25, 0.3) is 10.8 Å². The maximum atomic E-state index is 9.40. The molecule has 0 amide bonds. The minimum absolute atomic E-state index is 0.0382. The number of hydrogen-bond donors (Lipinski definition) is 2. The van der Waals surface area contributed by atoms with Crippen molar-refractivity contribution in [3.8, 4) is 6.07 Å². The van der Waals surface area contributed by atoms with Crippen molar-refractivity contribution in [3.05, 3.63) is 52.8 Å². The number of benzene rings is 1. The molecule has 2 fully saturated rings. The van der Waals surface area contributed by atoms with Gasteiger partial charge in [0.15, 0.2) is 5.82 Å². The van der Waals surface area contributed by atoms with Crippen LogP contribution in [-0.2, 0) is 11.3 Å². The molecule has 2 aromatic heterocycles. The molecule has 5 rings (SSSR count). The third-order valence-corrected chi connectivity index (χ3v) is 6.58. The molecule has 1 aromatic carbocycles. The van der Waals surface area contributed by atoms with Gasteiger partial charge in [0.1, 0.15) is 5.82 Å². The van der Waals surface area contributed by atoms with E-state index in [0.717, 1.165) is 58.8 Å². The van der Waals surface area contributed by atoms with Crippen LogP contribution in [0.4, 0.5) is 11.6 Å². The lowest BCUT2D eigenvalue weighted by Gasteiger charge is -2.28. The Labute approximate surface area is 187 Å². The summed E-state index contributed by atoms with van der Waals surface area (Å²) in [4.78, 5) is 7.12.